The first-order valence-corrected chi connectivity index (χ1v) is 7.20. The summed E-state index contributed by atoms with van der Waals surface area (Å²) >= 11 is 6.00. The van der Waals surface area contributed by atoms with Crippen molar-refractivity contribution in [2.45, 2.75) is 19.4 Å². The molecule has 2 rings (SSSR count). The van der Waals surface area contributed by atoms with Crippen LogP contribution in [-0.2, 0) is 11.2 Å². The number of halogens is 1. The number of rotatable bonds is 4. The van der Waals surface area contributed by atoms with Crippen molar-refractivity contribution in [3.8, 4) is 0 Å². The molecule has 0 aliphatic heterocycles. The zero-order chi connectivity index (χ0) is 15.4. The first kappa shape index (κ1) is 15.4. The summed E-state index contributed by atoms with van der Waals surface area (Å²) in [5.74, 6) is 0.0623. The molecule has 1 atom stereocenters. The molecule has 0 radical (unpaired) electrons. The van der Waals surface area contributed by atoms with E-state index in [4.69, 9.17) is 17.3 Å². The fraction of sp³-hybridized carbons (Fsp3) is 0.235. The van der Waals surface area contributed by atoms with Crippen molar-refractivity contribution in [1.82, 2.24) is 4.90 Å². The Morgan fingerprint density at radius 3 is 2.52 bits per heavy atom. The van der Waals surface area contributed by atoms with Crippen LogP contribution in [0.15, 0.2) is 48.5 Å². The summed E-state index contributed by atoms with van der Waals surface area (Å²) in [6.45, 7) is 1.99. The number of carbonyl (C=O) groups is 1. The van der Waals surface area contributed by atoms with E-state index in [2.05, 4.69) is 0 Å². The minimum Gasteiger partial charge on any atom is -0.399 e. The molecule has 0 spiro atoms. The average Bonchev–Trinajstić information content (AvgIpc) is 2.48. The predicted octanol–water partition coefficient (Wildman–Crippen LogP) is 3.68. The van der Waals surface area contributed by atoms with Gasteiger partial charge in [0.05, 0.1) is 12.5 Å². The third-order valence-electron chi connectivity index (χ3n) is 3.64. The monoisotopic (exact) mass is 302 g/mol. The maximum atomic E-state index is 12.4. The van der Waals surface area contributed by atoms with E-state index in [1.54, 1.807) is 4.90 Å². The summed E-state index contributed by atoms with van der Waals surface area (Å²) in [5, 5.41) is 0.679. The highest BCUT2D eigenvalue weighted by Gasteiger charge is 2.17. The maximum absolute atomic E-state index is 12.4. The first-order chi connectivity index (χ1) is 9.97. The summed E-state index contributed by atoms with van der Waals surface area (Å²) in [4.78, 5) is 14.1. The lowest BCUT2D eigenvalue weighted by Gasteiger charge is -2.25. The highest BCUT2D eigenvalue weighted by atomic mass is 35.5. The van der Waals surface area contributed by atoms with Crippen LogP contribution in [0, 0.1) is 0 Å². The third-order valence-corrected chi connectivity index (χ3v) is 3.88. The number of nitrogen functional groups attached to an aromatic ring is 1. The third kappa shape index (κ3) is 3.99. The number of carbonyl (C=O) groups excluding carboxylic acids is 1. The molecule has 21 heavy (non-hydrogen) atoms. The van der Waals surface area contributed by atoms with E-state index < -0.39 is 0 Å². The number of nitrogens with two attached hydrogens (primary N) is 1. The van der Waals surface area contributed by atoms with Gasteiger partial charge in [-0.25, -0.2) is 0 Å². The van der Waals surface area contributed by atoms with Gasteiger partial charge in [0.2, 0.25) is 5.91 Å². The van der Waals surface area contributed by atoms with Crippen LogP contribution in [0.4, 0.5) is 5.69 Å². The summed E-state index contributed by atoms with van der Waals surface area (Å²) in [7, 11) is 1.81. The highest BCUT2D eigenvalue weighted by Crippen LogP contribution is 2.22. The maximum Gasteiger partial charge on any atom is 0.227 e. The standard InChI is InChI=1S/C17H19ClN2O/c1-12(14-4-3-5-15(18)11-14)20(2)17(21)10-13-6-8-16(19)9-7-13/h3-9,11-12H,10,19H2,1-2H3. The fourth-order valence-corrected chi connectivity index (χ4v) is 2.34. The van der Waals surface area contributed by atoms with Gasteiger partial charge in [-0.3, -0.25) is 4.79 Å². The van der Waals surface area contributed by atoms with Gasteiger partial charge in [-0.15, -0.1) is 0 Å². The quantitative estimate of drug-likeness (QED) is 0.876. The second kappa shape index (κ2) is 6.64. The molecule has 0 aliphatic rings. The van der Waals surface area contributed by atoms with Crippen LogP contribution in [0.5, 0.6) is 0 Å². The first-order valence-electron chi connectivity index (χ1n) is 6.83. The second-order valence-corrected chi connectivity index (χ2v) is 5.59. The molecule has 0 fully saturated rings. The zero-order valence-corrected chi connectivity index (χ0v) is 13.0. The molecule has 1 amide bonds. The van der Waals surface area contributed by atoms with E-state index in [1.165, 1.54) is 0 Å². The number of hydrogen-bond acceptors (Lipinski definition) is 2. The van der Waals surface area contributed by atoms with E-state index in [1.807, 2.05) is 62.5 Å². The molecule has 0 heterocycles. The van der Waals surface area contributed by atoms with E-state index in [-0.39, 0.29) is 11.9 Å². The van der Waals surface area contributed by atoms with E-state index in [9.17, 15) is 4.79 Å². The Balaban J connectivity index is 2.06. The molecular weight excluding hydrogens is 284 g/mol. The van der Waals surface area contributed by atoms with Crippen molar-refractivity contribution in [3.05, 3.63) is 64.7 Å². The van der Waals surface area contributed by atoms with Gasteiger partial charge < -0.3 is 10.6 Å². The Labute approximate surface area is 130 Å². The van der Waals surface area contributed by atoms with Crippen molar-refractivity contribution in [3.63, 3.8) is 0 Å². The lowest BCUT2D eigenvalue weighted by atomic mass is 10.1. The van der Waals surface area contributed by atoms with Crippen molar-refractivity contribution < 1.29 is 4.79 Å². The van der Waals surface area contributed by atoms with Gasteiger partial charge in [0.25, 0.3) is 0 Å². The summed E-state index contributed by atoms with van der Waals surface area (Å²) in [5.41, 5.74) is 8.33. The van der Waals surface area contributed by atoms with Crippen molar-refractivity contribution in [2.75, 3.05) is 12.8 Å². The summed E-state index contributed by atoms with van der Waals surface area (Å²) in [6, 6.07) is 14.9. The smallest absolute Gasteiger partial charge is 0.227 e. The molecule has 2 aromatic rings. The van der Waals surface area contributed by atoms with Gasteiger partial charge in [0.15, 0.2) is 0 Å². The minimum atomic E-state index is -0.0232. The van der Waals surface area contributed by atoms with Crippen molar-refractivity contribution in [1.29, 1.82) is 0 Å². The molecular formula is C17H19ClN2O. The van der Waals surface area contributed by atoms with Crippen LogP contribution in [0.25, 0.3) is 0 Å². The van der Waals surface area contributed by atoms with Gasteiger partial charge in [-0.05, 0) is 42.3 Å². The Hall–Kier alpha value is -2.00. The molecule has 110 valence electrons. The topological polar surface area (TPSA) is 46.3 Å². The molecule has 0 saturated heterocycles. The van der Waals surface area contributed by atoms with E-state index in [0.717, 1.165) is 11.1 Å². The molecule has 0 saturated carbocycles. The lowest BCUT2D eigenvalue weighted by Crippen LogP contribution is -2.30. The Kier molecular flexibility index (Phi) is 4.86. The van der Waals surface area contributed by atoms with Crippen molar-refractivity contribution in [2.24, 2.45) is 0 Å². The largest absolute Gasteiger partial charge is 0.399 e. The zero-order valence-electron chi connectivity index (χ0n) is 12.2. The molecule has 4 heteroatoms. The number of hydrogen-bond donors (Lipinski definition) is 1. The van der Waals surface area contributed by atoms with Crippen LogP contribution in [0.3, 0.4) is 0 Å². The molecule has 0 aromatic heterocycles. The van der Waals surface area contributed by atoms with Crippen LogP contribution in [0.2, 0.25) is 5.02 Å². The van der Waals surface area contributed by atoms with Crippen LogP contribution in [-0.4, -0.2) is 17.9 Å². The number of benzene rings is 2. The van der Waals surface area contributed by atoms with Crippen LogP contribution in [0.1, 0.15) is 24.1 Å². The molecule has 2 aromatic carbocycles. The van der Waals surface area contributed by atoms with Crippen LogP contribution >= 0.6 is 11.6 Å². The number of anilines is 1. The van der Waals surface area contributed by atoms with Crippen LogP contribution < -0.4 is 5.73 Å². The van der Waals surface area contributed by atoms with Gasteiger partial charge in [0, 0.05) is 17.8 Å². The highest BCUT2D eigenvalue weighted by molar-refractivity contribution is 6.30. The number of amides is 1. The molecule has 1 unspecified atom stereocenters. The van der Waals surface area contributed by atoms with Gasteiger partial charge >= 0.3 is 0 Å². The molecule has 0 bridgehead atoms. The van der Waals surface area contributed by atoms with E-state index >= 15 is 0 Å². The molecule has 0 aliphatic carbocycles. The lowest BCUT2D eigenvalue weighted by molar-refractivity contribution is -0.131. The van der Waals surface area contributed by atoms with E-state index in [0.29, 0.717) is 17.1 Å². The minimum absolute atomic E-state index is 0.0232. The average molecular weight is 303 g/mol. The Bertz CT molecular complexity index is 625. The molecule has 3 nitrogen and oxygen atoms in total. The van der Waals surface area contributed by atoms with Gasteiger partial charge in [-0.1, -0.05) is 35.9 Å². The SMILES string of the molecule is CC(c1cccc(Cl)c1)N(C)C(=O)Cc1ccc(N)cc1. The summed E-state index contributed by atoms with van der Waals surface area (Å²) in [6.07, 6.45) is 0.363. The number of nitrogens with zero attached hydrogens (tertiary/aromatic N) is 1. The van der Waals surface area contributed by atoms with Crippen molar-refractivity contribution >= 4 is 23.2 Å². The van der Waals surface area contributed by atoms with Gasteiger partial charge in [0.1, 0.15) is 0 Å². The Morgan fingerprint density at radius 2 is 1.90 bits per heavy atom. The Morgan fingerprint density at radius 1 is 1.24 bits per heavy atom. The van der Waals surface area contributed by atoms with Gasteiger partial charge in [-0.2, -0.15) is 0 Å². The molecule has 2 N–H and O–H groups in total. The summed E-state index contributed by atoms with van der Waals surface area (Å²) < 4.78 is 0. The normalized spacial score (nSPS) is 12.0. The number of likely N-dealkylation sites (N-methyl/N-ethyl adjacent to an activating group) is 1. The second-order valence-electron chi connectivity index (χ2n) is 5.15. The predicted molar refractivity (Wildman–Crippen MR) is 87.2 cm³/mol. The fourth-order valence-electron chi connectivity index (χ4n) is 2.14.